The van der Waals surface area contributed by atoms with Crippen molar-refractivity contribution in [3.8, 4) is 5.75 Å². The molecule has 33 heavy (non-hydrogen) atoms. The van der Waals surface area contributed by atoms with Gasteiger partial charge in [0, 0.05) is 32.2 Å². The molecular weight excluding hydrogens is 438 g/mol. The first-order valence-corrected chi connectivity index (χ1v) is 12.9. The Hall–Kier alpha value is -1.66. The van der Waals surface area contributed by atoms with Gasteiger partial charge >= 0.3 is 6.09 Å². The van der Waals surface area contributed by atoms with Gasteiger partial charge in [0.05, 0.1) is 17.8 Å². The third kappa shape index (κ3) is 7.68. The molecule has 1 heterocycles. The molecule has 0 unspecified atom stereocenters. The first-order chi connectivity index (χ1) is 15.7. The standard InChI is InChI=1S/C26H42ClN3O3/c1-6-19-17-22(27)24(32-5)23(18-19)30-15-13-29(14-16-30)12-11-20-7-9-21(10-8-20)28-25(31)33-26(2,3)4/h17-18,20-21H,6-16H2,1-5H3,(H,28,31)/t20-,21-. The van der Waals surface area contributed by atoms with Crippen molar-refractivity contribution in [2.75, 3.05) is 44.7 Å². The van der Waals surface area contributed by atoms with E-state index < -0.39 is 5.60 Å². The van der Waals surface area contributed by atoms with Gasteiger partial charge in [-0.1, -0.05) is 18.5 Å². The van der Waals surface area contributed by atoms with E-state index in [0.29, 0.717) is 5.02 Å². The summed E-state index contributed by atoms with van der Waals surface area (Å²) in [5.74, 6) is 1.54. The molecule has 1 aliphatic carbocycles. The number of alkyl carbamates (subject to hydrolysis) is 1. The molecular formula is C26H42ClN3O3. The molecule has 2 fully saturated rings. The van der Waals surface area contributed by atoms with E-state index in [-0.39, 0.29) is 12.1 Å². The monoisotopic (exact) mass is 479 g/mol. The Morgan fingerprint density at radius 3 is 2.36 bits per heavy atom. The van der Waals surface area contributed by atoms with E-state index in [1.807, 2.05) is 26.8 Å². The fourth-order valence-electron chi connectivity index (χ4n) is 4.92. The van der Waals surface area contributed by atoms with Crippen LogP contribution in [0.1, 0.15) is 65.4 Å². The third-order valence-corrected chi connectivity index (χ3v) is 7.11. The Morgan fingerprint density at radius 2 is 1.79 bits per heavy atom. The lowest BCUT2D eigenvalue weighted by Gasteiger charge is -2.38. The van der Waals surface area contributed by atoms with Crippen molar-refractivity contribution >= 4 is 23.4 Å². The number of rotatable bonds is 7. The van der Waals surface area contributed by atoms with Crippen molar-refractivity contribution in [1.29, 1.82) is 0 Å². The number of carbonyl (C=O) groups is 1. The van der Waals surface area contributed by atoms with Crippen molar-refractivity contribution in [3.63, 3.8) is 0 Å². The number of nitrogens with zero attached hydrogens (tertiary/aromatic N) is 2. The Labute approximate surface area is 204 Å². The second-order valence-electron chi connectivity index (χ2n) is 10.5. The van der Waals surface area contributed by atoms with Gasteiger partial charge in [-0.25, -0.2) is 4.79 Å². The van der Waals surface area contributed by atoms with Crippen LogP contribution in [-0.4, -0.2) is 62.5 Å². The predicted octanol–water partition coefficient (Wildman–Crippen LogP) is 5.51. The van der Waals surface area contributed by atoms with Crippen LogP contribution in [0.5, 0.6) is 5.75 Å². The minimum absolute atomic E-state index is 0.250. The van der Waals surface area contributed by atoms with Crippen LogP contribution < -0.4 is 15.0 Å². The Kier molecular flexibility index (Phi) is 9.17. The molecule has 6 nitrogen and oxygen atoms in total. The van der Waals surface area contributed by atoms with Gasteiger partial charge in [-0.2, -0.15) is 0 Å². The number of methoxy groups -OCH3 is 1. The summed E-state index contributed by atoms with van der Waals surface area (Å²) >= 11 is 6.47. The number of ether oxygens (including phenoxy) is 2. The number of anilines is 1. The number of piperazine rings is 1. The van der Waals surface area contributed by atoms with Crippen LogP contribution in [0.25, 0.3) is 0 Å². The van der Waals surface area contributed by atoms with Crippen LogP contribution in [-0.2, 0) is 11.2 Å². The molecule has 3 rings (SSSR count). The lowest BCUT2D eigenvalue weighted by atomic mass is 9.84. The summed E-state index contributed by atoms with van der Waals surface area (Å²) in [7, 11) is 1.70. The summed E-state index contributed by atoms with van der Waals surface area (Å²) in [6.45, 7) is 13.1. The lowest BCUT2D eigenvalue weighted by Crippen LogP contribution is -2.47. The van der Waals surface area contributed by atoms with Crippen molar-refractivity contribution in [3.05, 3.63) is 22.7 Å². The topological polar surface area (TPSA) is 54.0 Å². The average Bonchev–Trinajstić information content (AvgIpc) is 2.77. The van der Waals surface area contributed by atoms with E-state index in [9.17, 15) is 4.79 Å². The molecule has 0 spiro atoms. The quantitative estimate of drug-likeness (QED) is 0.559. The number of halogens is 1. The van der Waals surface area contributed by atoms with Gasteiger partial charge in [-0.15, -0.1) is 0 Å². The van der Waals surface area contributed by atoms with Gasteiger partial charge in [0.25, 0.3) is 0 Å². The SMILES string of the molecule is CCc1cc(Cl)c(OC)c(N2CCN(CC[C@H]3CC[C@H](NC(=O)OC(C)(C)C)CC3)CC2)c1. The van der Waals surface area contributed by atoms with E-state index in [4.69, 9.17) is 21.1 Å². The van der Waals surface area contributed by atoms with Crippen molar-refractivity contribution < 1.29 is 14.3 Å². The van der Waals surface area contributed by atoms with Gasteiger partial charge < -0.3 is 19.7 Å². The molecule has 1 saturated heterocycles. The Bertz CT molecular complexity index is 780. The molecule has 1 amide bonds. The number of nitrogens with one attached hydrogen (secondary N) is 1. The first kappa shape index (κ1) is 26.0. The normalized spacial score (nSPS) is 22.2. The first-order valence-electron chi connectivity index (χ1n) is 12.5. The van der Waals surface area contributed by atoms with Crippen LogP contribution in [0.3, 0.4) is 0 Å². The summed E-state index contributed by atoms with van der Waals surface area (Å²) in [6, 6.07) is 4.49. The second kappa shape index (κ2) is 11.7. The summed E-state index contributed by atoms with van der Waals surface area (Å²) < 4.78 is 11.0. The maximum atomic E-state index is 12.0. The highest BCUT2D eigenvalue weighted by atomic mass is 35.5. The van der Waals surface area contributed by atoms with Crippen LogP contribution >= 0.6 is 11.6 Å². The highest BCUT2D eigenvalue weighted by Gasteiger charge is 2.26. The van der Waals surface area contributed by atoms with E-state index in [0.717, 1.165) is 69.3 Å². The molecule has 1 N–H and O–H groups in total. The van der Waals surface area contributed by atoms with Crippen LogP contribution in [0.15, 0.2) is 12.1 Å². The fourth-order valence-corrected chi connectivity index (χ4v) is 5.24. The summed E-state index contributed by atoms with van der Waals surface area (Å²) in [5.41, 5.74) is 1.92. The van der Waals surface area contributed by atoms with E-state index >= 15 is 0 Å². The van der Waals surface area contributed by atoms with Crippen molar-refractivity contribution in [1.82, 2.24) is 10.2 Å². The molecule has 0 aromatic heterocycles. The average molecular weight is 480 g/mol. The summed E-state index contributed by atoms with van der Waals surface area (Å²) in [4.78, 5) is 17.0. The fraction of sp³-hybridized carbons (Fsp3) is 0.731. The molecule has 1 aliphatic heterocycles. The predicted molar refractivity (Wildman–Crippen MR) is 136 cm³/mol. The molecule has 1 aromatic carbocycles. The Balaban J connectivity index is 1.40. The van der Waals surface area contributed by atoms with E-state index in [1.165, 1.54) is 24.8 Å². The van der Waals surface area contributed by atoms with Gasteiger partial charge in [0.1, 0.15) is 5.60 Å². The highest BCUT2D eigenvalue weighted by Crippen LogP contribution is 2.37. The van der Waals surface area contributed by atoms with E-state index in [1.54, 1.807) is 7.11 Å². The molecule has 2 aliphatic rings. The molecule has 0 bridgehead atoms. The van der Waals surface area contributed by atoms with Crippen LogP contribution in [0.2, 0.25) is 5.02 Å². The number of amides is 1. The minimum Gasteiger partial charge on any atom is -0.493 e. The smallest absolute Gasteiger partial charge is 0.407 e. The molecule has 1 saturated carbocycles. The zero-order valence-electron chi connectivity index (χ0n) is 21.1. The molecule has 1 aromatic rings. The summed E-state index contributed by atoms with van der Waals surface area (Å²) in [6.07, 6.45) is 6.37. The molecule has 186 valence electrons. The van der Waals surface area contributed by atoms with Crippen LogP contribution in [0.4, 0.5) is 10.5 Å². The van der Waals surface area contributed by atoms with Gasteiger partial charge in [0.2, 0.25) is 0 Å². The maximum absolute atomic E-state index is 12.0. The number of carbonyl (C=O) groups excluding carboxylic acids is 1. The second-order valence-corrected chi connectivity index (χ2v) is 10.9. The molecule has 7 heteroatoms. The highest BCUT2D eigenvalue weighted by molar-refractivity contribution is 6.32. The lowest BCUT2D eigenvalue weighted by molar-refractivity contribution is 0.0486. The zero-order valence-corrected chi connectivity index (χ0v) is 21.8. The van der Waals surface area contributed by atoms with E-state index in [2.05, 4.69) is 28.1 Å². The van der Waals surface area contributed by atoms with Crippen LogP contribution in [0, 0.1) is 5.92 Å². The number of hydrogen-bond acceptors (Lipinski definition) is 5. The largest absolute Gasteiger partial charge is 0.493 e. The molecule has 0 atom stereocenters. The van der Waals surface area contributed by atoms with Gasteiger partial charge in [-0.05, 0) is 89.5 Å². The number of aryl methyl sites for hydroxylation is 1. The number of benzene rings is 1. The number of hydrogen-bond donors (Lipinski definition) is 1. The Morgan fingerprint density at radius 1 is 1.12 bits per heavy atom. The van der Waals surface area contributed by atoms with Gasteiger partial charge in [0.15, 0.2) is 5.75 Å². The van der Waals surface area contributed by atoms with Crippen molar-refractivity contribution in [2.45, 2.75) is 77.9 Å². The van der Waals surface area contributed by atoms with Crippen molar-refractivity contribution in [2.24, 2.45) is 5.92 Å². The maximum Gasteiger partial charge on any atom is 0.407 e. The molecule has 0 radical (unpaired) electrons. The third-order valence-electron chi connectivity index (χ3n) is 6.83. The van der Waals surface area contributed by atoms with Gasteiger partial charge in [-0.3, -0.25) is 4.90 Å². The zero-order chi connectivity index (χ0) is 24.0. The summed E-state index contributed by atoms with van der Waals surface area (Å²) in [5, 5.41) is 3.75. The minimum atomic E-state index is -0.443.